The SMILES string of the molecule is CCCCc1ccc(C(=O)O)c(C(=C(c2cc(CCCC)ccc2C(=O)O)c2c(C)cc(C)cc2C)c2c(C)cc(C)cc2C)c1. The molecule has 0 heterocycles. The zero-order valence-corrected chi connectivity index (χ0v) is 28.7. The van der Waals surface area contributed by atoms with E-state index in [1.54, 1.807) is 12.1 Å². The van der Waals surface area contributed by atoms with Gasteiger partial charge >= 0.3 is 11.9 Å². The molecule has 4 rings (SSSR count). The summed E-state index contributed by atoms with van der Waals surface area (Å²) in [5, 5.41) is 21.3. The van der Waals surface area contributed by atoms with Crippen molar-refractivity contribution in [1.29, 1.82) is 0 Å². The van der Waals surface area contributed by atoms with Crippen LogP contribution in [0.15, 0.2) is 60.7 Å². The van der Waals surface area contributed by atoms with Crippen molar-refractivity contribution in [2.75, 3.05) is 0 Å². The van der Waals surface area contributed by atoms with E-state index in [0.29, 0.717) is 11.1 Å². The summed E-state index contributed by atoms with van der Waals surface area (Å²) in [6.45, 7) is 16.7. The number of carboxylic acids is 2. The number of unbranched alkanes of at least 4 members (excludes halogenated alkanes) is 2. The van der Waals surface area contributed by atoms with Crippen molar-refractivity contribution in [2.45, 2.75) is 93.9 Å². The van der Waals surface area contributed by atoms with Crippen LogP contribution in [0.25, 0.3) is 11.1 Å². The smallest absolute Gasteiger partial charge is 0.336 e. The third-order valence-electron chi connectivity index (χ3n) is 8.91. The Labute approximate surface area is 274 Å². The molecule has 4 nitrogen and oxygen atoms in total. The quantitative estimate of drug-likeness (QED) is 0.155. The molecule has 4 aromatic rings. The second-order valence-corrected chi connectivity index (χ2v) is 12.9. The second-order valence-electron chi connectivity index (χ2n) is 12.9. The predicted molar refractivity (Wildman–Crippen MR) is 190 cm³/mol. The van der Waals surface area contributed by atoms with Crippen LogP contribution in [0.5, 0.6) is 0 Å². The van der Waals surface area contributed by atoms with Crippen molar-refractivity contribution in [1.82, 2.24) is 0 Å². The lowest BCUT2D eigenvalue weighted by Gasteiger charge is -2.26. The lowest BCUT2D eigenvalue weighted by atomic mass is 9.77. The van der Waals surface area contributed by atoms with Crippen LogP contribution in [0.2, 0.25) is 0 Å². The average Bonchev–Trinajstić information content (AvgIpc) is 2.98. The monoisotopic (exact) mass is 616 g/mol. The highest BCUT2D eigenvalue weighted by molar-refractivity contribution is 6.12. The molecule has 0 aliphatic heterocycles. The van der Waals surface area contributed by atoms with Gasteiger partial charge in [0.25, 0.3) is 0 Å². The van der Waals surface area contributed by atoms with E-state index >= 15 is 0 Å². The molecule has 0 saturated heterocycles. The van der Waals surface area contributed by atoms with Gasteiger partial charge in [-0.15, -0.1) is 0 Å². The molecular weight excluding hydrogens is 568 g/mol. The molecule has 0 unspecified atom stereocenters. The van der Waals surface area contributed by atoms with E-state index in [1.807, 2.05) is 24.3 Å². The minimum absolute atomic E-state index is 0.202. The average molecular weight is 617 g/mol. The number of aryl methyl sites for hydroxylation is 8. The summed E-state index contributed by atoms with van der Waals surface area (Å²) in [5.74, 6) is -2.02. The van der Waals surface area contributed by atoms with Crippen LogP contribution in [0.1, 0.15) is 127 Å². The third-order valence-corrected chi connectivity index (χ3v) is 8.91. The molecule has 0 aromatic heterocycles. The molecule has 46 heavy (non-hydrogen) atoms. The van der Waals surface area contributed by atoms with Gasteiger partial charge in [0.1, 0.15) is 0 Å². The third kappa shape index (κ3) is 7.33. The lowest BCUT2D eigenvalue weighted by Crippen LogP contribution is -2.12. The van der Waals surface area contributed by atoms with E-state index in [0.717, 1.165) is 105 Å². The highest BCUT2D eigenvalue weighted by Crippen LogP contribution is 2.44. The van der Waals surface area contributed by atoms with Crippen molar-refractivity contribution < 1.29 is 19.8 Å². The number of hydrogen-bond donors (Lipinski definition) is 2. The van der Waals surface area contributed by atoms with Gasteiger partial charge in [0.05, 0.1) is 11.1 Å². The fourth-order valence-corrected chi connectivity index (χ4v) is 6.98. The molecule has 4 aromatic carbocycles. The number of benzene rings is 4. The molecule has 0 spiro atoms. The standard InChI is InChI=1S/C42H48O4/c1-9-11-13-31-15-17-33(41(43)44)35(23-31)39(37-27(5)19-25(3)20-28(37)6)40(38-29(7)21-26(4)22-30(38)8)36-24-32(14-12-10-2)16-18-34(36)42(45)46/h15-24H,9-14H2,1-8H3,(H,43,44)(H,45,46). The van der Waals surface area contributed by atoms with Crippen molar-refractivity contribution in [3.05, 3.63) is 139 Å². The lowest BCUT2D eigenvalue weighted by molar-refractivity contribution is 0.0685. The molecule has 0 radical (unpaired) electrons. The fraction of sp³-hybridized carbons (Fsp3) is 0.333. The highest BCUT2D eigenvalue weighted by atomic mass is 16.4. The predicted octanol–water partition coefficient (Wildman–Crippen LogP) is 10.6. The molecule has 0 atom stereocenters. The van der Waals surface area contributed by atoms with Gasteiger partial charge in [0, 0.05) is 0 Å². The van der Waals surface area contributed by atoms with Gasteiger partial charge in [-0.25, -0.2) is 9.59 Å². The van der Waals surface area contributed by atoms with Crippen molar-refractivity contribution in [3.63, 3.8) is 0 Å². The Kier molecular flexibility index (Phi) is 11.1. The first kappa shape index (κ1) is 34.4. The molecule has 0 aliphatic rings. The van der Waals surface area contributed by atoms with E-state index in [2.05, 4.69) is 79.7 Å². The first-order valence-electron chi connectivity index (χ1n) is 16.5. The molecule has 0 amide bonds. The molecule has 0 aliphatic carbocycles. The summed E-state index contributed by atoms with van der Waals surface area (Å²) >= 11 is 0. The maximum atomic E-state index is 13.0. The van der Waals surface area contributed by atoms with E-state index in [4.69, 9.17) is 0 Å². The minimum Gasteiger partial charge on any atom is -0.478 e. The van der Waals surface area contributed by atoms with Crippen molar-refractivity contribution >= 4 is 23.1 Å². The van der Waals surface area contributed by atoms with E-state index < -0.39 is 11.9 Å². The fourth-order valence-electron chi connectivity index (χ4n) is 6.98. The Morgan fingerprint density at radius 2 is 0.826 bits per heavy atom. The van der Waals surface area contributed by atoms with Gasteiger partial charge in [-0.05, 0) is 146 Å². The maximum Gasteiger partial charge on any atom is 0.336 e. The molecule has 240 valence electrons. The van der Waals surface area contributed by atoms with Gasteiger partial charge in [-0.1, -0.05) is 86.3 Å². The number of aromatic carboxylic acids is 2. The van der Waals surface area contributed by atoms with Gasteiger partial charge in [0.2, 0.25) is 0 Å². The molecule has 4 heteroatoms. The largest absolute Gasteiger partial charge is 0.478 e. The van der Waals surface area contributed by atoms with E-state index in [-0.39, 0.29) is 11.1 Å². The van der Waals surface area contributed by atoms with Gasteiger partial charge in [-0.3, -0.25) is 0 Å². The minimum atomic E-state index is -1.01. The Hall–Kier alpha value is -4.44. The van der Waals surface area contributed by atoms with Gasteiger partial charge in [-0.2, -0.15) is 0 Å². The van der Waals surface area contributed by atoms with Crippen molar-refractivity contribution in [3.8, 4) is 0 Å². The van der Waals surface area contributed by atoms with E-state index in [9.17, 15) is 19.8 Å². The van der Waals surface area contributed by atoms with Gasteiger partial charge < -0.3 is 10.2 Å². The second kappa shape index (κ2) is 14.8. The van der Waals surface area contributed by atoms with Crippen LogP contribution >= 0.6 is 0 Å². The zero-order valence-electron chi connectivity index (χ0n) is 28.7. The van der Waals surface area contributed by atoms with Crippen molar-refractivity contribution in [2.24, 2.45) is 0 Å². The van der Waals surface area contributed by atoms with Crippen LogP contribution in [0.3, 0.4) is 0 Å². The number of hydrogen-bond acceptors (Lipinski definition) is 2. The van der Waals surface area contributed by atoms with Gasteiger partial charge in [0.15, 0.2) is 0 Å². The molecule has 0 saturated carbocycles. The molecule has 2 N–H and O–H groups in total. The topological polar surface area (TPSA) is 74.6 Å². The first-order chi connectivity index (χ1) is 21.9. The maximum absolute atomic E-state index is 13.0. The Morgan fingerprint density at radius 1 is 0.500 bits per heavy atom. The Morgan fingerprint density at radius 3 is 1.11 bits per heavy atom. The summed E-state index contributed by atoms with van der Waals surface area (Å²) in [4.78, 5) is 26.0. The number of rotatable bonds is 12. The Bertz CT molecular complexity index is 1640. The van der Waals surface area contributed by atoms with Crippen LogP contribution in [-0.2, 0) is 12.8 Å². The van der Waals surface area contributed by atoms with Crippen LogP contribution in [0, 0.1) is 41.5 Å². The molecule has 0 bridgehead atoms. The number of carboxylic acid groups (broad SMARTS) is 2. The summed E-state index contributed by atoms with van der Waals surface area (Å²) < 4.78 is 0. The summed E-state index contributed by atoms with van der Waals surface area (Å²) in [6.07, 6.45) is 5.67. The normalized spacial score (nSPS) is 11.8. The van der Waals surface area contributed by atoms with E-state index in [1.165, 1.54) is 0 Å². The number of carbonyl (C=O) groups is 2. The highest BCUT2D eigenvalue weighted by Gasteiger charge is 2.28. The van der Waals surface area contributed by atoms with Crippen LogP contribution in [-0.4, -0.2) is 22.2 Å². The zero-order chi connectivity index (χ0) is 33.7. The summed E-state index contributed by atoms with van der Waals surface area (Å²) in [5.41, 5.74) is 13.4. The van der Waals surface area contributed by atoms with Crippen LogP contribution < -0.4 is 0 Å². The Balaban J connectivity index is 2.38. The summed E-state index contributed by atoms with van der Waals surface area (Å²) in [7, 11) is 0. The molecule has 0 fully saturated rings. The van der Waals surface area contributed by atoms with Crippen LogP contribution in [0.4, 0.5) is 0 Å². The first-order valence-corrected chi connectivity index (χ1v) is 16.5. The molecular formula is C42H48O4. The summed E-state index contributed by atoms with van der Waals surface area (Å²) in [6, 6.07) is 19.9.